The van der Waals surface area contributed by atoms with Crippen LogP contribution < -0.4 is 5.32 Å². The van der Waals surface area contributed by atoms with Crippen molar-refractivity contribution < 1.29 is 9.59 Å². The second-order valence-electron chi connectivity index (χ2n) is 10.8. The van der Waals surface area contributed by atoms with Crippen molar-refractivity contribution in [2.24, 2.45) is 5.92 Å². The average molecular weight is 465 g/mol. The third-order valence-electron chi connectivity index (χ3n) is 8.79. The van der Waals surface area contributed by atoms with E-state index in [-0.39, 0.29) is 23.9 Å². The van der Waals surface area contributed by atoms with Crippen LogP contribution in [0.4, 0.5) is 0 Å². The zero-order chi connectivity index (χ0) is 23.7. The second-order valence-corrected chi connectivity index (χ2v) is 10.8. The Labute approximate surface area is 203 Å². The number of piperidine rings is 1. The Balaban J connectivity index is 1.30. The van der Waals surface area contributed by atoms with Crippen LogP contribution in [0.5, 0.6) is 0 Å². The van der Waals surface area contributed by atoms with Crippen LogP contribution >= 0.6 is 0 Å². The fourth-order valence-electron chi connectivity index (χ4n) is 6.75. The first-order valence-electron chi connectivity index (χ1n) is 13.5. The molecule has 2 atom stereocenters. The second kappa shape index (κ2) is 9.73. The summed E-state index contributed by atoms with van der Waals surface area (Å²) in [6.45, 7) is 6.66. The summed E-state index contributed by atoms with van der Waals surface area (Å²) in [5.41, 5.74) is 1.77. The molecular weight excluding hydrogens is 424 g/mol. The van der Waals surface area contributed by atoms with Gasteiger partial charge in [-0.25, -0.2) is 0 Å². The van der Waals surface area contributed by atoms with Gasteiger partial charge in [0.05, 0.1) is 0 Å². The van der Waals surface area contributed by atoms with Gasteiger partial charge in [-0.1, -0.05) is 57.2 Å². The number of H-pyrrole nitrogens is 1. The van der Waals surface area contributed by atoms with Gasteiger partial charge in [-0.05, 0) is 50.2 Å². The highest BCUT2D eigenvalue weighted by Gasteiger charge is 2.53. The maximum absolute atomic E-state index is 13.7. The Morgan fingerprint density at radius 3 is 2.56 bits per heavy atom. The molecule has 0 radical (unpaired) electrons. The fraction of sp³-hybridized carbons (Fsp3) is 0.643. The number of piperazine rings is 1. The Kier molecular flexibility index (Phi) is 6.70. The minimum atomic E-state index is -0.688. The minimum Gasteiger partial charge on any atom is -0.361 e. The molecule has 2 amide bonds. The smallest absolute Gasteiger partial charge is 0.246 e. The van der Waals surface area contributed by atoms with Gasteiger partial charge in [-0.2, -0.15) is 0 Å². The van der Waals surface area contributed by atoms with Crippen LogP contribution in [0.15, 0.2) is 30.5 Å². The molecule has 6 nitrogen and oxygen atoms in total. The normalized spacial score (nSPS) is 25.1. The van der Waals surface area contributed by atoms with Crippen molar-refractivity contribution in [3.8, 4) is 0 Å². The molecule has 1 aromatic carbocycles. The first-order chi connectivity index (χ1) is 16.5. The summed E-state index contributed by atoms with van der Waals surface area (Å²) in [5, 5.41) is 4.47. The topological polar surface area (TPSA) is 68.4 Å². The summed E-state index contributed by atoms with van der Waals surface area (Å²) in [5.74, 6) is 0.810. The van der Waals surface area contributed by atoms with Crippen LogP contribution in [0.2, 0.25) is 0 Å². The van der Waals surface area contributed by atoms with Crippen molar-refractivity contribution in [2.75, 3.05) is 19.6 Å². The highest BCUT2D eigenvalue weighted by atomic mass is 16.2. The number of para-hydroxylation sites is 1. The van der Waals surface area contributed by atoms with Gasteiger partial charge in [0, 0.05) is 42.8 Å². The number of hydrogen-bond donors (Lipinski definition) is 2. The number of benzene rings is 1. The van der Waals surface area contributed by atoms with E-state index in [1.807, 2.05) is 4.90 Å². The van der Waals surface area contributed by atoms with Crippen LogP contribution in [0, 0.1) is 5.92 Å². The SMILES string of the molecule is CCCN1C(=O)C(CC2CCCCC2)NC(=O)C12CCN(C(C)c1c[nH]c3ccccc13)CC2. The van der Waals surface area contributed by atoms with E-state index in [0.717, 1.165) is 31.4 Å². The molecule has 1 saturated carbocycles. The first kappa shape index (κ1) is 23.4. The van der Waals surface area contributed by atoms with E-state index in [9.17, 15) is 9.59 Å². The Morgan fingerprint density at radius 2 is 1.82 bits per heavy atom. The highest BCUT2D eigenvalue weighted by Crippen LogP contribution is 2.38. The number of hydrogen-bond acceptors (Lipinski definition) is 3. The number of fused-ring (bicyclic) bond motifs is 1. The lowest BCUT2D eigenvalue weighted by Crippen LogP contribution is -2.73. The van der Waals surface area contributed by atoms with Crippen LogP contribution in [0.3, 0.4) is 0 Å². The Hall–Kier alpha value is -2.34. The molecule has 2 aliphatic heterocycles. The molecule has 1 aromatic heterocycles. The van der Waals surface area contributed by atoms with E-state index >= 15 is 0 Å². The molecule has 2 N–H and O–H groups in total. The number of aromatic amines is 1. The molecule has 34 heavy (non-hydrogen) atoms. The Morgan fingerprint density at radius 1 is 1.09 bits per heavy atom. The van der Waals surface area contributed by atoms with E-state index in [1.165, 1.54) is 43.1 Å². The van der Waals surface area contributed by atoms with Crippen molar-refractivity contribution in [1.29, 1.82) is 0 Å². The number of likely N-dealkylation sites (tertiary alicyclic amines) is 1. The molecule has 3 fully saturated rings. The largest absolute Gasteiger partial charge is 0.361 e. The van der Waals surface area contributed by atoms with Gasteiger partial charge in [0.2, 0.25) is 11.8 Å². The molecule has 2 unspecified atom stereocenters. The number of nitrogens with zero attached hydrogens (tertiary/aromatic N) is 2. The van der Waals surface area contributed by atoms with Gasteiger partial charge >= 0.3 is 0 Å². The van der Waals surface area contributed by atoms with Crippen LogP contribution in [-0.2, 0) is 9.59 Å². The van der Waals surface area contributed by atoms with Gasteiger partial charge in [-0.3, -0.25) is 14.5 Å². The van der Waals surface area contributed by atoms with Crippen molar-refractivity contribution in [3.63, 3.8) is 0 Å². The van der Waals surface area contributed by atoms with E-state index in [2.05, 4.69) is 59.5 Å². The van der Waals surface area contributed by atoms with Gasteiger partial charge in [0.15, 0.2) is 0 Å². The molecule has 3 aliphatic rings. The fourth-order valence-corrected chi connectivity index (χ4v) is 6.75. The first-order valence-corrected chi connectivity index (χ1v) is 13.5. The van der Waals surface area contributed by atoms with Crippen molar-refractivity contribution >= 4 is 22.7 Å². The number of aromatic nitrogens is 1. The number of rotatable bonds is 6. The quantitative estimate of drug-likeness (QED) is 0.647. The molecule has 184 valence electrons. The van der Waals surface area contributed by atoms with Gasteiger partial charge < -0.3 is 15.2 Å². The lowest BCUT2D eigenvalue weighted by Gasteiger charge is -2.52. The standard InChI is InChI=1S/C28H40N4O2/c1-3-15-32-26(33)25(18-21-9-5-4-6-10-21)30-27(34)28(32)13-16-31(17-14-28)20(2)23-19-29-24-12-8-7-11-22(23)24/h7-8,11-12,19-21,25,29H,3-6,9-10,13-18H2,1-2H3,(H,30,34). The third kappa shape index (κ3) is 4.15. The van der Waals surface area contributed by atoms with E-state index in [1.54, 1.807) is 0 Å². The zero-order valence-corrected chi connectivity index (χ0v) is 20.8. The van der Waals surface area contributed by atoms with Gasteiger partial charge in [-0.15, -0.1) is 0 Å². The summed E-state index contributed by atoms with van der Waals surface area (Å²) >= 11 is 0. The third-order valence-corrected chi connectivity index (χ3v) is 8.79. The maximum atomic E-state index is 13.7. The van der Waals surface area contributed by atoms with Crippen LogP contribution in [0.1, 0.15) is 83.2 Å². The summed E-state index contributed by atoms with van der Waals surface area (Å²) in [6, 6.07) is 8.35. The number of carbonyl (C=O) groups excluding carboxylic acids is 2. The molecule has 2 saturated heterocycles. The average Bonchev–Trinajstić information content (AvgIpc) is 3.30. The highest BCUT2D eigenvalue weighted by molar-refractivity contribution is 6.00. The molecule has 1 spiro atoms. The van der Waals surface area contributed by atoms with Crippen molar-refractivity contribution in [1.82, 2.24) is 20.1 Å². The van der Waals surface area contributed by atoms with E-state index in [4.69, 9.17) is 0 Å². The molecule has 1 aliphatic carbocycles. The number of carbonyl (C=O) groups is 2. The number of nitrogens with one attached hydrogen (secondary N) is 2. The zero-order valence-electron chi connectivity index (χ0n) is 20.8. The summed E-state index contributed by atoms with van der Waals surface area (Å²) in [6.07, 6.45) is 11.4. The molecule has 0 bridgehead atoms. The predicted octanol–water partition coefficient (Wildman–Crippen LogP) is 4.77. The van der Waals surface area contributed by atoms with Gasteiger partial charge in [0.1, 0.15) is 11.6 Å². The van der Waals surface area contributed by atoms with Gasteiger partial charge in [0.25, 0.3) is 0 Å². The lowest BCUT2D eigenvalue weighted by molar-refractivity contribution is -0.162. The molecular formula is C28H40N4O2. The van der Waals surface area contributed by atoms with E-state index < -0.39 is 5.54 Å². The monoisotopic (exact) mass is 464 g/mol. The van der Waals surface area contributed by atoms with Crippen molar-refractivity contribution in [3.05, 3.63) is 36.0 Å². The van der Waals surface area contributed by atoms with Crippen LogP contribution in [-0.4, -0.2) is 57.8 Å². The predicted molar refractivity (Wildman–Crippen MR) is 135 cm³/mol. The summed E-state index contributed by atoms with van der Waals surface area (Å²) in [4.78, 5) is 35.1. The number of amides is 2. The lowest BCUT2D eigenvalue weighted by atomic mass is 9.78. The molecule has 3 heterocycles. The van der Waals surface area contributed by atoms with Crippen LogP contribution in [0.25, 0.3) is 10.9 Å². The summed E-state index contributed by atoms with van der Waals surface area (Å²) < 4.78 is 0. The molecule has 2 aromatic rings. The summed E-state index contributed by atoms with van der Waals surface area (Å²) in [7, 11) is 0. The van der Waals surface area contributed by atoms with Crippen molar-refractivity contribution in [2.45, 2.75) is 89.3 Å². The maximum Gasteiger partial charge on any atom is 0.246 e. The molecule has 5 rings (SSSR count). The Bertz CT molecular complexity index is 1020. The van der Waals surface area contributed by atoms with E-state index in [0.29, 0.717) is 25.3 Å². The molecule has 6 heteroatoms. The minimum absolute atomic E-state index is 0.0840.